The Morgan fingerprint density at radius 2 is 2.04 bits per heavy atom. The van der Waals surface area contributed by atoms with Crippen molar-refractivity contribution in [3.05, 3.63) is 59.9 Å². The van der Waals surface area contributed by atoms with E-state index in [4.69, 9.17) is 4.52 Å². The molecular weight excluding hydrogens is 343 g/mol. The summed E-state index contributed by atoms with van der Waals surface area (Å²) in [6.07, 6.45) is 8.74. The van der Waals surface area contributed by atoms with Crippen LogP contribution in [0.15, 0.2) is 47.2 Å². The van der Waals surface area contributed by atoms with Gasteiger partial charge in [0.15, 0.2) is 5.76 Å². The molecule has 0 saturated carbocycles. The lowest BCUT2D eigenvalue weighted by molar-refractivity contribution is 0.160. The number of benzene rings is 1. The van der Waals surface area contributed by atoms with Gasteiger partial charge in [-0.25, -0.2) is 4.39 Å². The van der Waals surface area contributed by atoms with Gasteiger partial charge in [-0.2, -0.15) is 5.10 Å². The first-order valence-electron chi connectivity index (χ1n) is 9.71. The van der Waals surface area contributed by atoms with Crippen molar-refractivity contribution in [2.24, 2.45) is 0 Å². The van der Waals surface area contributed by atoms with Gasteiger partial charge in [0.1, 0.15) is 11.5 Å². The molecule has 3 heterocycles. The molecule has 0 spiro atoms. The van der Waals surface area contributed by atoms with Crippen molar-refractivity contribution in [2.45, 2.75) is 51.7 Å². The summed E-state index contributed by atoms with van der Waals surface area (Å²) in [7, 11) is 0. The maximum atomic E-state index is 13.2. The second kappa shape index (κ2) is 8.05. The Morgan fingerprint density at radius 1 is 1.19 bits per heavy atom. The molecule has 142 valence electrons. The number of likely N-dealkylation sites (tertiary alicyclic amines) is 1. The fraction of sp³-hybridized carbons (Fsp3) is 0.429. The van der Waals surface area contributed by atoms with E-state index in [-0.39, 0.29) is 11.9 Å². The van der Waals surface area contributed by atoms with Gasteiger partial charge < -0.3 is 4.52 Å². The third kappa shape index (κ3) is 4.11. The van der Waals surface area contributed by atoms with E-state index in [2.05, 4.69) is 28.3 Å². The molecule has 2 aromatic heterocycles. The first kappa shape index (κ1) is 17.9. The first-order valence-corrected chi connectivity index (χ1v) is 9.71. The fourth-order valence-electron chi connectivity index (χ4n) is 3.78. The van der Waals surface area contributed by atoms with E-state index in [0.717, 1.165) is 43.1 Å². The summed E-state index contributed by atoms with van der Waals surface area (Å²) in [5.74, 6) is 0.643. The SMILES string of the molecule is CCn1cc(CN2CCCCC[C@H]2c2cc(-c3ccc(F)cc3)no2)cn1. The van der Waals surface area contributed by atoms with Gasteiger partial charge in [0.2, 0.25) is 0 Å². The lowest BCUT2D eigenvalue weighted by Gasteiger charge is -2.27. The number of hydrogen-bond donors (Lipinski definition) is 0. The van der Waals surface area contributed by atoms with Gasteiger partial charge in [0.05, 0.1) is 12.2 Å². The van der Waals surface area contributed by atoms with Crippen molar-refractivity contribution in [3.8, 4) is 11.3 Å². The highest BCUT2D eigenvalue weighted by atomic mass is 19.1. The minimum atomic E-state index is -0.245. The largest absolute Gasteiger partial charge is 0.359 e. The molecule has 0 N–H and O–H groups in total. The van der Waals surface area contributed by atoms with Crippen LogP contribution in [0.5, 0.6) is 0 Å². The highest BCUT2D eigenvalue weighted by molar-refractivity contribution is 5.58. The Labute approximate surface area is 158 Å². The van der Waals surface area contributed by atoms with Crippen LogP contribution in [0.25, 0.3) is 11.3 Å². The van der Waals surface area contributed by atoms with Crippen molar-refractivity contribution in [3.63, 3.8) is 0 Å². The number of hydrogen-bond acceptors (Lipinski definition) is 4. The molecule has 1 aliphatic heterocycles. The monoisotopic (exact) mass is 368 g/mol. The predicted molar refractivity (Wildman–Crippen MR) is 101 cm³/mol. The van der Waals surface area contributed by atoms with E-state index in [0.29, 0.717) is 0 Å². The van der Waals surface area contributed by atoms with Crippen molar-refractivity contribution in [1.29, 1.82) is 0 Å². The summed E-state index contributed by atoms with van der Waals surface area (Å²) in [5.41, 5.74) is 2.85. The van der Waals surface area contributed by atoms with E-state index in [9.17, 15) is 4.39 Å². The fourth-order valence-corrected chi connectivity index (χ4v) is 3.78. The summed E-state index contributed by atoms with van der Waals surface area (Å²) in [5, 5.41) is 8.64. The molecule has 1 atom stereocenters. The Balaban J connectivity index is 1.56. The second-order valence-corrected chi connectivity index (χ2v) is 7.16. The molecule has 27 heavy (non-hydrogen) atoms. The quantitative estimate of drug-likeness (QED) is 0.648. The average Bonchev–Trinajstić information content (AvgIpc) is 3.29. The molecule has 1 aliphatic rings. The maximum absolute atomic E-state index is 13.2. The van der Waals surface area contributed by atoms with E-state index >= 15 is 0 Å². The molecule has 5 nitrogen and oxygen atoms in total. The van der Waals surface area contributed by atoms with Gasteiger partial charge in [0, 0.05) is 36.5 Å². The van der Waals surface area contributed by atoms with E-state index in [1.54, 1.807) is 12.1 Å². The van der Waals surface area contributed by atoms with Crippen LogP contribution in [-0.4, -0.2) is 26.4 Å². The van der Waals surface area contributed by atoms with Crippen molar-refractivity contribution >= 4 is 0 Å². The van der Waals surface area contributed by atoms with Gasteiger partial charge in [-0.15, -0.1) is 0 Å². The zero-order chi connectivity index (χ0) is 18.6. The van der Waals surface area contributed by atoms with Crippen LogP contribution >= 0.6 is 0 Å². The predicted octanol–water partition coefficient (Wildman–Crippen LogP) is 4.81. The molecule has 0 bridgehead atoms. The van der Waals surface area contributed by atoms with Gasteiger partial charge in [-0.05, 0) is 50.6 Å². The molecule has 0 amide bonds. The van der Waals surface area contributed by atoms with Crippen LogP contribution in [-0.2, 0) is 13.1 Å². The van der Waals surface area contributed by atoms with Gasteiger partial charge in [-0.3, -0.25) is 9.58 Å². The van der Waals surface area contributed by atoms with Gasteiger partial charge in [-0.1, -0.05) is 18.0 Å². The van der Waals surface area contributed by atoms with Crippen LogP contribution in [0.4, 0.5) is 4.39 Å². The van der Waals surface area contributed by atoms with Crippen molar-refractivity contribution in [1.82, 2.24) is 19.8 Å². The Bertz CT molecular complexity index is 870. The minimum Gasteiger partial charge on any atom is -0.359 e. The maximum Gasteiger partial charge on any atom is 0.154 e. The summed E-state index contributed by atoms with van der Waals surface area (Å²) in [6, 6.07) is 8.59. The summed E-state index contributed by atoms with van der Waals surface area (Å²) in [4.78, 5) is 2.47. The topological polar surface area (TPSA) is 47.1 Å². The van der Waals surface area contributed by atoms with Gasteiger partial charge >= 0.3 is 0 Å². The zero-order valence-electron chi connectivity index (χ0n) is 15.6. The lowest BCUT2D eigenvalue weighted by Crippen LogP contribution is -2.27. The number of halogens is 1. The van der Waals surface area contributed by atoms with Crippen LogP contribution in [0.3, 0.4) is 0 Å². The Kier molecular flexibility index (Phi) is 5.34. The molecule has 4 rings (SSSR count). The smallest absolute Gasteiger partial charge is 0.154 e. The molecule has 6 heteroatoms. The first-order chi connectivity index (χ1) is 13.2. The number of rotatable bonds is 5. The minimum absolute atomic E-state index is 0.208. The van der Waals surface area contributed by atoms with Crippen LogP contribution in [0, 0.1) is 5.82 Å². The molecule has 1 aromatic carbocycles. The number of aryl methyl sites for hydroxylation is 1. The standard InChI is InChI=1S/C21H25FN4O/c1-2-26-15-16(13-23-26)14-25-11-5-3-4-6-20(25)21-12-19(24-27-21)17-7-9-18(22)10-8-17/h7-10,12-13,15,20H,2-6,11,14H2,1H3/t20-/m0/s1. The van der Waals surface area contributed by atoms with Gasteiger partial charge in [0.25, 0.3) is 0 Å². The molecular formula is C21H25FN4O. The van der Waals surface area contributed by atoms with E-state index in [1.807, 2.05) is 16.9 Å². The van der Waals surface area contributed by atoms with E-state index in [1.165, 1.54) is 37.0 Å². The second-order valence-electron chi connectivity index (χ2n) is 7.16. The Morgan fingerprint density at radius 3 is 2.81 bits per heavy atom. The molecule has 0 aliphatic carbocycles. The normalized spacial score (nSPS) is 18.5. The van der Waals surface area contributed by atoms with Crippen LogP contribution in [0.2, 0.25) is 0 Å². The molecule has 0 unspecified atom stereocenters. The average molecular weight is 368 g/mol. The molecule has 0 radical (unpaired) electrons. The van der Waals surface area contributed by atoms with Crippen molar-refractivity contribution in [2.75, 3.05) is 6.54 Å². The third-order valence-electron chi connectivity index (χ3n) is 5.26. The summed E-state index contributed by atoms with van der Waals surface area (Å²) in [6.45, 7) is 4.87. The highest BCUT2D eigenvalue weighted by Gasteiger charge is 2.26. The summed E-state index contributed by atoms with van der Waals surface area (Å²) >= 11 is 0. The zero-order valence-corrected chi connectivity index (χ0v) is 15.6. The van der Waals surface area contributed by atoms with Crippen LogP contribution in [0.1, 0.15) is 50.0 Å². The number of aromatic nitrogens is 3. The number of nitrogens with zero attached hydrogens (tertiary/aromatic N) is 4. The van der Waals surface area contributed by atoms with E-state index < -0.39 is 0 Å². The molecule has 1 saturated heterocycles. The summed E-state index contributed by atoms with van der Waals surface area (Å²) < 4.78 is 20.9. The third-order valence-corrected chi connectivity index (χ3v) is 5.26. The molecule has 1 fully saturated rings. The van der Waals surface area contributed by atoms with Crippen molar-refractivity contribution < 1.29 is 8.91 Å². The highest BCUT2D eigenvalue weighted by Crippen LogP contribution is 2.33. The Hall–Kier alpha value is -2.47. The van der Waals surface area contributed by atoms with Crippen LogP contribution < -0.4 is 0 Å². The lowest BCUT2D eigenvalue weighted by atomic mass is 10.1. The molecule has 3 aromatic rings.